The van der Waals surface area contributed by atoms with Crippen molar-refractivity contribution in [3.8, 4) is 0 Å². The van der Waals surface area contributed by atoms with Gasteiger partial charge in [0.1, 0.15) is 5.82 Å². The molecule has 1 atom stereocenters. The molecule has 1 aromatic heterocycles. The number of fused-ring (bicyclic) bond motifs is 1. The van der Waals surface area contributed by atoms with Crippen molar-refractivity contribution in [3.05, 3.63) is 12.3 Å². The summed E-state index contributed by atoms with van der Waals surface area (Å²) in [5.41, 5.74) is 0. The van der Waals surface area contributed by atoms with Gasteiger partial charge < -0.3 is 0 Å². The molecule has 0 saturated carbocycles. The molecule has 0 radical (unpaired) electrons. The minimum atomic E-state index is 0.539. The second-order valence-electron chi connectivity index (χ2n) is 3.56. The fourth-order valence-corrected chi connectivity index (χ4v) is 1.38. The van der Waals surface area contributed by atoms with Gasteiger partial charge in [0.15, 0.2) is 0 Å². The van der Waals surface area contributed by atoms with Gasteiger partial charge in [-0.15, -0.1) is 0 Å². The predicted molar refractivity (Wildman–Crippen MR) is 48.7 cm³/mol. The molecule has 64 valence electrons. The maximum Gasteiger partial charge on any atom is 0.149 e. The highest BCUT2D eigenvalue weighted by molar-refractivity contribution is 5.66. The lowest BCUT2D eigenvalue weighted by atomic mass is 9.96. The summed E-state index contributed by atoms with van der Waals surface area (Å²) < 4.78 is 1.96. The standard InChI is InChI=1S/C9H13N3/c1-7(2)8-5-10-9-3-4-11-12(9)6-8/h3-5,7-8H,6H2,1-2H3/t8-/m1/s1. The molecule has 0 aromatic carbocycles. The van der Waals surface area contributed by atoms with E-state index in [2.05, 4.69) is 23.9 Å². The number of hydrogen-bond acceptors (Lipinski definition) is 2. The van der Waals surface area contributed by atoms with Crippen molar-refractivity contribution in [3.63, 3.8) is 0 Å². The molecular formula is C9H13N3. The van der Waals surface area contributed by atoms with Gasteiger partial charge in [0.25, 0.3) is 0 Å². The van der Waals surface area contributed by atoms with Gasteiger partial charge in [0, 0.05) is 18.2 Å². The van der Waals surface area contributed by atoms with E-state index < -0.39 is 0 Å². The van der Waals surface area contributed by atoms with E-state index in [1.54, 1.807) is 6.20 Å². The third-order valence-electron chi connectivity index (χ3n) is 2.33. The summed E-state index contributed by atoms with van der Waals surface area (Å²) in [5, 5.41) is 4.19. The van der Waals surface area contributed by atoms with Crippen LogP contribution < -0.4 is 0 Å². The summed E-state index contributed by atoms with van der Waals surface area (Å²) in [6.07, 6.45) is 3.84. The van der Waals surface area contributed by atoms with Crippen LogP contribution in [0, 0.1) is 11.8 Å². The van der Waals surface area contributed by atoms with E-state index in [4.69, 9.17) is 0 Å². The maximum atomic E-state index is 4.33. The van der Waals surface area contributed by atoms with Crippen molar-refractivity contribution < 1.29 is 0 Å². The van der Waals surface area contributed by atoms with E-state index in [1.807, 2.05) is 17.0 Å². The van der Waals surface area contributed by atoms with Gasteiger partial charge in [0.05, 0.1) is 12.7 Å². The summed E-state index contributed by atoms with van der Waals surface area (Å²) in [4.78, 5) is 4.33. The molecule has 0 saturated heterocycles. The fraction of sp³-hybridized carbons (Fsp3) is 0.556. The molecule has 0 bridgehead atoms. The molecule has 0 aliphatic carbocycles. The largest absolute Gasteiger partial charge is 0.247 e. The number of hydrogen-bond donors (Lipinski definition) is 0. The Morgan fingerprint density at radius 2 is 2.42 bits per heavy atom. The molecule has 3 nitrogen and oxygen atoms in total. The lowest BCUT2D eigenvalue weighted by Crippen LogP contribution is -2.21. The Balaban J connectivity index is 2.24. The molecule has 0 N–H and O–H groups in total. The van der Waals surface area contributed by atoms with Gasteiger partial charge >= 0.3 is 0 Å². The van der Waals surface area contributed by atoms with Crippen LogP contribution in [0.15, 0.2) is 17.3 Å². The third kappa shape index (κ3) is 1.15. The highest BCUT2D eigenvalue weighted by atomic mass is 15.3. The van der Waals surface area contributed by atoms with Crippen LogP contribution in [0.1, 0.15) is 13.8 Å². The molecule has 0 amide bonds. The van der Waals surface area contributed by atoms with Crippen LogP contribution in [0.5, 0.6) is 0 Å². The highest BCUT2D eigenvalue weighted by Gasteiger charge is 2.17. The molecule has 1 aliphatic rings. The predicted octanol–water partition coefficient (Wildman–Crippen LogP) is 1.87. The van der Waals surface area contributed by atoms with E-state index in [0.717, 1.165) is 12.4 Å². The highest BCUT2D eigenvalue weighted by Crippen LogP contribution is 2.21. The molecule has 2 rings (SSSR count). The van der Waals surface area contributed by atoms with Gasteiger partial charge in [-0.2, -0.15) is 5.10 Å². The van der Waals surface area contributed by atoms with Gasteiger partial charge in [-0.05, 0) is 5.92 Å². The van der Waals surface area contributed by atoms with Gasteiger partial charge in [-0.3, -0.25) is 0 Å². The van der Waals surface area contributed by atoms with Crippen molar-refractivity contribution in [1.82, 2.24) is 9.78 Å². The number of aromatic nitrogens is 2. The monoisotopic (exact) mass is 163 g/mol. The summed E-state index contributed by atoms with van der Waals surface area (Å²) in [7, 11) is 0. The van der Waals surface area contributed by atoms with Crippen molar-refractivity contribution in [2.45, 2.75) is 20.4 Å². The number of rotatable bonds is 1. The molecule has 0 fully saturated rings. The Kier molecular flexibility index (Phi) is 1.71. The Bertz CT molecular complexity index is 298. The average molecular weight is 163 g/mol. The molecule has 0 unspecified atom stereocenters. The normalized spacial score (nSPS) is 21.4. The second-order valence-corrected chi connectivity index (χ2v) is 3.56. The topological polar surface area (TPSA) is 30.2 Å². The third-order valence-corrected chi connectivity index (χ3v) is 2.33. The first kappa shape index (κ1) is 7.53. The van der Waals surface area contributed by atoms with E-state index in [-0.39, 0.29) is 0 Å². The van der Waals surface area contributed by atoms with Crippen LogP contribution >= 0.6 is 0 Å². The first-order valence-corrected chi connectivity index (χ1v) is 4.33. The SMILES string of the molecule is CC(C)[C@@H]1C=Nc2ccnn2C1. The maximum absolute atomic E-state index is 4.33. The molecular weight excluding hydrogens is 150 g/mol. The minimum absolute atomic E-state index is 0.539. The lowest BCUT2D eigenvalue weighted by molar-refractivity contribution is 0.410. The summed E-state index contributed by atoms with van der Waals surface area (Å²) in [6, 6.07) is 1.94. The van der Waals surface area contributed by atoms with Crippen LogP contribution in [-0.2, 0) is 6.54 Å². The summed E-state index contributed by atoms with van der Waals surface area (Å²) in [6.45, 7) is 5.40. The Labute approximate surface area is 72.1 Å². The lowest BCUT2D eigenvalue weighted by Gasteiger charge is -2.20. The second kappa shape index (κ2) is 2.73. The molecule has 3 heteroatoms. The van der Waals surface area contributed by atoms with Crippen LogP contribution in [-0.4, -0.2) is 16.0 Å². The van der Waals surface area contributed by atoms with Crippen molar-refractivity contribution in [2.24, 2.45) is 16.8 Å². The van der Waals surface area contributed by atoms with E-state index in [1.165, 1.54) is 0 Å². The van der Waals surface area contributed by atoms with Crippen LogP contribution in [0.3, 0.4) is 0 Å². The zero-order chi connectivity index (χ0) is 8.55. The fourth-order valence-electron chi connectivity index (χ4n) is 1.38. The van der Waals surface area contributed by atoms with E-state index >= 15 is 0 Å². The van der Waals surface area contributed by atoms with Crippen molar-refractivity contribution in [2.75, 3.05) is 0 Å². The van der Waals surface area contributed by atoms with Gasteiger partial charge in [-0.1, -0.05) is 13.8 Å². The molecule has 2 heterocycles. The van der Waals surface area contributed by atoms with Crippen LogP contribution in [0.4, 0.5) is 5.82 Å². The Morgan fingerprint density at radius 1 is 1.58 bits per heavy atom. The molecule has 1 aromatic rings. The number of nitrogens with zero attached hydrogens (tertiary/aromatic N) is 3. The first-order valence-electron chi connectivity index (χ1n) is 4.33. The summed E-state index contributed by atoms with van der Waals surface area (Å²) >= 11 is 0. The quantitative estimate of drug-likeness (QED) is 0.621. The molecule has 1 aliphatic heterocycles. The van der Waals surface area contributed by atoms with E-state index in [0.29, 0.717) is 11.8 Å². The molecule has 12 heavy (non-hydrogen) atoms. The molecule has 0 spiro atoms. The smallest absolute Gasteiger partial charge is 0.149 e. The van der Waals surface area contributed by atoms with Gasteiger partial charge in [-0.25, -0.2) is 9.67 Å². The van der Waals surface area contributed by atoms with E-state index in [9.17, 15) is 0 Å². The summed E-state index contributed by atoms with van der Waals surface area (Å²) in [5.74, 6) is 2.16. The Hall–Kier alpha value is -1.12. The van der Waals surface area contributed by atoms with Crippen LogP contribution in [0.25, 0.3) is 0 Å². The zero-order valence-electron chi connectivity index (χ0n) is 7.44. The number of aliphatic imine (C=N–C) groups is 1. The van der Waals surface area contributed by atoms with Crippen molar-refractivity contribution >= 4 is 12.0 Å². The van der Waals surface area contributed by atoms with Crippen LogP contribution in [0.2, 0.25) is 0 Å². The average Bonchev–Trinajstić information content (AvgIpc) is 2.49. The van der Waals surface area contributed by atoms with Crippen molar-refractivity contribution in [1.29, 1.82) is 0 Å². The minimum Gasteiger partial charge on any atom is -0.247 e. The first-order chi connectivity index (χ1) is 5.77. The van der Waals surface area contributed by atoms with Gasteiger partial charge in [0.2, 0.25) is 0 Å². The Morgan fingerprint density at radius 3 is 3.17 bits per heavy atom. The zero-order valence-corrected chi connectivity index (χ0v) is 7.44.